The number of hydrogen-bond donors (Lipinski definition) is 0. The molecule has 0 saturated carbocycles. The summed E-state index contributed by atoms with van der Waals surface area (Å²) in [4.78, 5) is 28.3. The van der Waals surface area contributed by atoms with Crippen molar-refractivity contribution in [3.05, 3.63) is 0 Å². The van der Waals surface area contributed by atoms with Crippen LogP contribution in [-0.2, 0) is 9.59 Å². The van der Waals surface area contributed by atoms with E-state index in [4.69, 9.17) is 0 Å². The van der Waals surface area contributed by atoms with Gasteiger partial charge in [-0.2, -0.15) is 9.98 Å². The predicted octanol–water partition coefficient (Wildman–Crippen LogP) is 3.12. The van der Waals surface area contributed by atoms with E-state index in [0.29, 0.717) is 12.8 Å². The molecule has 0 rings (SSSR count). The minimum Gasteiger partial charge on any atom is -0.211 e. The van der Waals surface area contributed by atoms with Crippen molar-refractivity contribution in [3.63, 3.8) is 0 Å². The number of unbranched alkanes of at least 4 members (excludes halogenated alkanes) is 3. The zero-order valence-corrected chi connectivity index (χ0v) is 10.2. The van der Waals surface area contributed by atoms with Crippen LogP contribution in [0, 0.1) is 0 Å². The molecule has 0 N–H and O–H groups in total. The highest BCUT2D eigenvalue weighted by molar-refractivity contribution is 5.39. The van der Waals surface area contributed by atoms with E-state index in [9.17, 15) is 9.59 Å². The molecule has 0 aliphatic heterocycles. The molecule has 0 spiro atoms. The van der Waals surface area contributed by atoms with Crippen LogP contribution in [0.15, 0.2) is 9.98 Å². The van der Waals surface area contributed by atoms with Gasteiger partial charge in [0, 0.05) is 0 Å². The Labute approximate surface area is 96.9 Å². The van der Waals surface area contributed by atoms with E-state index in [0.717, 1.165) is 32.1 Å². The molecular formula is C12H20N2O2. The summed E-state index contributed by atoms with van der Waals surface area (Å²) in [5.74, 6) is 0. The van der Waals surface area contributed by atoms with Crippen molar-refractivity contribution < 1.29 is 9.59 Å². The number of carbonyl (C=O) groups excluding carboxylic acids is 2. The van der Waals surface area contributed by atoms with Crippen molar-refractivity contribution >= 4 is 12.2 Å². The van der Waals surface area contributed by atoms with Crippen LogP contribution < -0.4 is 0 Å². The van der Waals surface area contributed by atoms with Gasteiger partial charge in [0.15, 0.2) is 5.66 Å². The second-order valence-corrected chi connectivity index (χ2v) is 3.95. The fourth-order valence-electron chi connectivity index (χ4n) is 1.66. The monoisotopic (exact) mass is 224 g/mol. The molecule has 0 aromatic carbocycles. The smallest absolute Gasteiger partial charge is 0.211 e. The third kappa shape index (κ3) is 5.59. The van der Waals surface area contributed by atoms with Crippen LogP contribution in [0.3, 0.4) is 0 Å². The van der Waals surface area contributed by atoms with E-state index < -0.39 is 5.66 Å². The van der Waals surface area contributed by atoms with E-state index in [1.165, 1.54) is 12.2 Å². The van der Waals surface area contributed by atoms with Crippen LogP contribution >= 0.6 is 0 Å². The molecule has 0 heterocycles. The van der Waals surface area contributed by atoms with Gasteiger partial charge in [0.1, 0.15) is 0 Å². The minimum atomic E-state index is -0.894. The molecule has 16 heavy (non-hydrogen) atoms. The van der Waals surface area contributed by atoms with Gasteiger partial charge in [-0.3, -0.25) is 0 Å². The molecule has 0 aliphatic rings. The molecule has 0 saturated heterocycles. The molecule has 0 bridgehead atoms. The number of nitrogens with zero attached hydrogens (tertiary/aromatic N) is 2. The standard InChI is InChI=1S/C12H20N2O2/c1-3-5-7-9-12(13-10-15,14-11-16)8-6-4-2/h3-9H2,1-2H3. The lowest BCUT2D eigenvalue weighted by Crippen LogP contribution is -2.23. The largest absolute Gasteiger partial charge is 0.237 e. The maximum Gasteiger partial charge on any atom is 0.237 e. The van der Waals surface area contributed by atoms with Crippen molar-refractivity contribution in [2.45, 2.75) is 64.5 Å². The highest BCUT2D eigenvalue weighted by Crippen LogP contribution is 2.27. The fourth-order valence-corrected chi connectivity index (χ4v) is 1.66. The Bertz CT molecular complexity index is 259. The van der Waals surface area contributed by atoms with Crippen molar-refractivity contribution in [2.24, 2.45) is 9.98 Å². The number of hydrogen-bond acceptors (Lipinski definition) is 4. The van der Waals surface area contributed by atoms with Gasteiger partial charge in [-0.15, -0.1) is 0 Å². The van der Waals surface area contributed by atoms with Gasteiger partial charge in [0.25, 0.3) is 0 Å². The molecule has 0 unspecified atom stereocenters. The first-order valence-electron chi connectivity index (χ1n) is 5.92. The molecule has 0 radical (unpaired) electrons. The van der Waals surface area contributed by atoms with Crippen LogP contribution in [0.1, 0.15) is 58.8 Å². The first kappa shape index (κ1) is 14.8. The van der Waals surface area contributed by atoms with Crippen LogP contribution in [0.2, 0.25) is 0 Å². The summed E-state index contributed by atoms with van der Waals surface area (Å²) in [5.41, 5.74) is -0.894. The molecule has 90 valence electrons. The summed E-state index contributed by atoms with van der Waals surface area (Å²) in [6.07, 6.45) is 9.24. The van der Waals surface area contributed by atoms with E-state index in [1.807, 2.05) is 6.92 Å². The second-order valence-electron chi connectivity index (χ2n) is 3.95. The van der Waals surface area contributed by atoms with Crippen LogP contribution in [0.5, 0.6) is 0 Å². The molecule has 0 fully saturated rings. The van der Waals surface area contributed by atoms with E-state index in [-0.39, 0.29) is 0 Å². The molecule has 4 heteroatoms. The van der Waals surface area contributed by atoms with Crippen molar-refractivity contribution in [1.29, 1.82) is 0 Å². The lowest BCUT2D eigenvalue weighted by molar-refractivity contribution is 0.354. The normalized spacial score (nSPS) is 13.4. The Morgan fingerprint density at radius 1 is 0.875 bits per heavy atom. The van der Waals surface area contributed by atoms with Gasteiger partial charge in [0.05, 0.1) is 0 Å². The second kappa shape index (κ2) is 9.02. The molecular weight excluding hydrogens is 204 g/mol. The summed E-state index contributed by atoms with van der Waals surface area (Å²) in [6.45, 7) is 4.14. The Balaban J connectivity index is 4.63. The van der Waals surface area contributed by atoms with Crippen LogP contribution in [0.4, 0.5) is 0 Å². The van der Waals surface area contributed by atoms with Gasteiger partial charge >= 0.3 is 0 Å². The lowest BCUT2D eigenvalue weighted by atomic mass is 9.97. The molecule has 0 atom stereocenters. The Hall–Kier alpha value is -1.24. The van der Waals surface area contributed by atoms with Crippen molar-refractivity contribution in [3.8, 4) is 0 Å². The fraction of sp³-hybridized carbons (Fsp3) is 0.833. The summed E-state index contributed by atoms with van der Waals surface area (Å²) in [6, 6.07) is 0. The number of aliphatic imine (C=N–C) groups is 2. The van der Waals surface area contributed by atoms with Crippen LogP contribution in [0.25, 0.3) is 0 Å². The zero-order valence-electron chi connectivity index (χ0n) is 10.2. The highest BCUT2D eigenvalue weighted by Gasteiger charge is 2.27. The van der Waals surface area contributed by atoms with Crippen LogP contribution in [-0.4, -0.2) is 17.8 Å². The lowest BCUT2D eigenvalue weighted by Gasteiger charge is -2.21. The van der Waals surface area contributed by atoms with E-state index in [1.54, 1.807) is 0 Å². The maximum atomic E-state index is 10.4. The number of rotatable bonds is 9. The average molecular weight is 224 g/mol. The van der Waals surface area contributed by atoms with Gasteiger partial charge in [0.2, 0.25) is 12.2 Å². The number of isocyanates is 2. The summed E-state index contributed by atoms with van der Waals surface area (Å²) in [7, 11) is 0. The summed E-state index contributed by atoms with van der Waals surface area (Å²) < 4.78 is 0. The van der Waals surface area contributed by atoms with Crippen molar-refractivity contribution in [2.75, 3.05) is 0 Å². The topological polar surface area (TPSA) is 58.9 Å². The first-order valence-corrected chi connectivity index (χ1v) is 5.92. The summed E-state index contributed by atoms with van der Waals surface area (Å²) in [5, 5.41) is 0. The third-order valence-corrected chi connectivity index (χ3v) is 2.62. The Morgan fingerprint density at radius 3 is 1.81 bits per heavy atom. The molecule has 0 aromatic rings. The Morgan fingerprint density at radius 2 is 1.38 bits per heavy atom. The average Bonchev–Trinajstić information content (AvgIpc) is 2.27. The van der Waals surface area contributed by atoms with E-state index >= 15 is 0 Å². The zero-order chi connectivity index (χ0) is 12.3. The van der Waals surface area contributed by atoms with Gasteiger partial charge in [-0.1, -0.05) is 33.1 Å². The SMILES string of the molecule is CCCCCC(CCCC)(N=C=O)N=C=O. The minimum absolute atomic E-state index is 0.623. The maximum absolute atomic E-state index is 10.4. The van der Waals surface area contributed by atoms with Crippen molar-refractivity contribution in [1.82, 2.24) is 0 Å². The van der Waals surface area contributed by atoms with Gasteiger partial charge in [-0.25, -0.2) is 9.59 Å². The van der Waals surface area contributed by atoms with Gasteiger partial charge in [-0.05, 0) is 25.7 Å². The van der Waals surface area contributed by atoms with Gasteiger partial charge < -0.3 is 0 Å². The first-order chi connectivity index (χ1) is 7.74. The quantitative estimate of drug-likeness (QED) is 0.343. The predicted molar refractivity (Wildman–Crippen MR) is 62.6 cm³/mol. The third-order valence-electron chi connectivity index (χ3n) is 2.62. The molecule has 4 nitrogen and oxygen atoms in total. The molecule has 0 aromatic heterocycles. The summed E-state index contributed by atoms with van der Waals surface area (Å²) >= 11 is 0. The highest BCUT2D eigenvalue weighted by atomic mass is 16.1. The molecule has 0 amide bonds. The Kier molecular flexibility index (Phi) is 8.32. The molecule has 0 aliphatic carbocycles. The van der Waals surface area contributed by atoms with E-state index in [2.05, 4.69) is 16.9 Å².